The van der Waals surface area contributed by atoms with Crippen LogP contribution in [0.4, 0.5) is 5.69 Å². The molecule has 2 atom stereocenters. The van der Waals surface area contributed by atoms with Gasteiger partial charge in [-0.05, 0) is 16.5 Å². The summed E-state index contributed by atoms with van der Waals surface area (Å²) in [5.74, 6) is 0.296. The van der Waals surface area contributed by atoms with Gasteiger partial charge in [0.2, 0.25) is 9.79 Å². The van der Waals surface area contributed by atoms with Crippen molar-refractivity contribution in [3.05, 3.63) is 12.1 Å². The van der Waals surface area contributed by atoms with E-state index in [1.807, 2.05) is 6.07 Å². The number of aromatic nitrogens is 4. The summed E-state index contributed by atoms with van der Waals surface area (Å²) in [5, 5.41) is 28.9. The lowest BCUT2D eigenvalue weighted by Crippen LogP contribution is -2.47. The second kappa shape index (κ2) is 10.5. The highest BCUT2D eigenvalue weighted by Crippen LogP contribution is 2.38. The lowest BCUT2D eigenvalue weighted by molar-refractivity contribution is 0.189. The number of aliphatic hydroxyl groups excluding tert-OH is 1. The fourth-order valence-electron chi connectivity index (χ4n) is 3.24. The molecule has 0 bridgehead atoms. The fraction of sp³-hybridized carbons (Fsp3) is 0.533. The average Bonchev–Trinajstić information content (AvgIpc) is 3.26. The third-order valence-corrected chi connectivity index (χ3v) is 6.75. The molecule has 1 saturated heterocycles. The maximum atomic E-state index is 12.7. The number of β-amino-alcohol motifs (C(OH)–C–C–N with tert-alkyl or cyclic N) is 1. The number of nitrogens with zero attached hydrogens (tertiary/aromatic N) is 5. The Kier molecular flexibility index (Phi) is 8.05. The van der Waals surface area contributed by atoms with E-state index in [4.69, 9.17) is 16.0 Å². The van der Waals surface area contributed by atoms with Gasteiger partial charge in [-0.1, -0.05) is 0 Å². The van der Waals surface area contributed by atoms with Crippen molar-refractivity contribution < 1.29 is 14.2 Å². The summed E-state index contributed by atoms with van der Waals surface area (Å²) in [4.78, 5) is 4.78. The lowest BCUT2D eigenvalue weighted by atomic mass is 10.1. The number of H-pyrrole nitrogens is 1. The van der Waals surface area contributed by atoms with Crippen LogP contribution in [0.3, 0.4) is 0 Å². The Morgan fingerprint density at radius 1 is 1.24 bits per heavy atom. The van der Waals surface area contributed by atoms with Gasteiger partial charge in [0.05, 0.1) is 41.6 Å². The van der Waals surface area contributed by atoms with E-state index >= 15 is 0 Å². The normalized spacial score (nSPS) is 17.5. The van der Waals surface area contributed by atoms with Crippen molar-refractivity contribution in [1.82, 2.24) is 30.2 Å². The highest BCUT2D eigenvalue weighted by Gasteiger charge is 2.34. The standard InChI is InChI=1S/C15H25N9O3S2/c16-3-4-18-29(27)12-2-1-11(24-7-5-23(6-8-24)9-10-25)13(14(12)28(17)26)15-19-21-22-20-15/h1-2,18,25H,3-10,16-17H2,(H,19,20,21,22). The Labute approximate surface area is 174 Å². The Morgan fingerprint density at radius 2 is 2.00 bits per heavy atom. The molecule has 0 aliphatic carbocycles. The number of anilines is 1. The van der Waals surface area contributed by atoms with Crippen LogP contribution in [0.25, 0.3) is 11.4 Å². The second-order valence-corrected chi connectivity index (χ2v) is 8.61. The van der Waals surface area contributed by atoms with E-state index in [0.29, 0.717) is 49.0 Å². The van der Waals surface area contributed by atoms with E-state index in [2.05, 4.69) is 35.1 Å². The molecule has 160 valence electrons. The number of aliphatic hydroxyl groups is 1. The van der Waals surface area contributed by atoms with Gasteiger partial charge >= 0.3 is 0 Å². The van der Waals surface area contributed by atoms with Crippen LogP contribution in [-0.2, 0) is 22.7 Å². The monoisotopic (exact) mass is 443 g/mol. The Hall–Kier alpha value is -1.49. The van der Waals surface area contributed by atoms with Gasteiger partial charge < -0.3 is 24.8 Å². The molecule has 1 aliphatic heterocycles. The molecule has 2 heterocycles. The molecule has 0 saturated carbocycles. The SMILES string of the molecule is NCCN[S+]([O-])c1ccc(N2CCN(CCO)CC2)c(-c2nnn[nH]2)c1[S+](N)[O-]. The topological polar surface area (TPSA) is 191 Å². The Morgan fingerprint density at radius 3 is 2.59 bits per heavy atom. The molecule has 7 N–H and O–H groups in total. The van der Waals surface area contributed by atoms with Crippen molar-refractivity contribution in [1.29, 1.82) is 0 Å². The fourth-order valence-corrected chi connectivity index (χ4v) is 5.30. The predicted molar refractivity (Wildman–Crippen MR) is 109 cm³/mol. The van der Waals surface area contributed by atoms with Gasteiger partial charge in [-0.2, -0.15) is 0 Å². The van der Waals surface area contributed by atoms with E-state index in [1.54, 1.807) is 6.07 Å². The molecule has 29 heavy (non-hydrogen) atoms. The molecule has 0 amide bonds. The first-order valence-corrected chi connectivity index (χ1v) is 11.4. The van der Waals surface area contributed by atoms with Crippen molar-refractivity contribution in [3.63, 3.8) is 0 Å². The molecular formula is C15H25N9O3S2. The maximum absolute atomic E-state index is 12.7. The molecule has 0 spiro atoms. The van der Waals surface area contributed by atoms with E-state index < -0.39 is 22.7 Å². The third-order valence-electron chi connectivity index (χ3n) is 4.59. The molecule has 0 radical (unpaired) electrons. The number of benzene rings is 1. The summed E-state index contributed by atoms with van der Waals surface area (Å²) < 4.78 is 28.0. The molecule has 14 heteroatoms. The van der Waals surface area contributed by atoms with Gasteiger partial charge in [-0.15, -0.1) is 15.0 Å². The number of hydrogen-bond donors (Lipinski definition) is 5. The summed E-state index contributed by atoms with van der Waals surface area (Å²) in [6.07, 6.45) is 0. The van der Waals surface area contributed by atoms with E-state index in [9.17, 15) is 9.11 Å². The minimum atomic E-state index is -1.94. The van der Waals surface area contributed by atoms with Crippen LogP contribution in [0.2, 0.25) is 0 Å². The van der Waals surface area contributed by atoms with Crippen molar-refractivity contribution in [2.75, 3.05) is 57.3 Å². The van der Waals surface area contributed by atoms with Crippen molar-refractivity contribution >= 4 is 28.4 Å². The number of hydrogen-bond acceptors (Lipinski definition) is 11. The zero-order valence-electron chi connectivity index (χ0n) is 15.8. The minimum Gasteiger partial charge on any atom is -0.593 e. The summed E-state index contributed by atoms with van der Waals surface area (Å²) in [7, 11) is 0. The smallest absolute Gasteiger partial charge is 0.243 e. The molecular weight excluding hydrogens is 418 g/mol. The highest BCUT2D eigenvalue weighted by atomic mass is 32.2. The van der Waals surface area contributed by atoms with Gasteiger partial charge in [-0.25, -0.2) is 5.10 Å². The molecule has 12 nitrogen and oxygen atoms in total. The average molecular weight is 444 g/mol. The zero-order valence-corrected chi connectivity index (χ0v) is 17.4. The van der Waals surface area contributed by atoms with Crippen molar-refractivity contribution in [2.45, 2.75) is 9.79 Å². The number of tetrazole rings is 1. The zero-order chi connectivity index (χ0) is 20.8. The van der Waals surface area contributed by atoms with E-state index in [-0.39, 0.29) is 11.5 Å². The highest BCUT2D eigenvalue weighted by molar-refractivity contribution is 7.92. The number of nitrogens with one attached hydrogen (secondary N) is 2. The van der Waals surface area contributed by atoms with Crippen molar-refractivity contribution in [3.8, 4) is 11.4 Å². The number of aromatic amines is 1. The number of rotatable bonds is 9. The Bertz CT molecular complexity index is 773. The molecule has 1 aliphatic rings. The molecule has 1 aromatic heterocycles. The van der Waals surface area contributed by atoms with Gasteiger partial charge in [0.25, 0.3) is 0 Å². The first kappa shape index (κ1) is 22.2. The van der Waals surface area contributed by atoms with Crippen molar-refractivity contribution in [2.24, 2.45) is 10.9 Å². The van der Waals surface area contributed by atoms with E-state index in [1.165, 1.54) is 0 Å². The van der Waals surface area contributed by atoms with Crippen LogP contribution in [0.5, 0.6) is 0 Å². The minimum absolute atomic E-state index is 0.113. The van der Waals surface area contributed by atoms with Gasteiger partial charge in [-0.3, -0.25) is 4.90 Å². The van der Waals surface area contributed by atoms with Gasteiger partial charge in [0.15, 0.2) is 5.82 Å². The maximum Gasteiger partial charge on any atom is 0.243 e. The first-order valence-electron chi connectivity index (χ1n) is 9.07. The van der Waals surface area contributed by atoms with Crippen LogP contribution in [0.1, 0.15) is 0 Å². The second-order valence-electron chi connectivity index (χ2n) is 6.34. The summed E-state index contributed by atoms with van der Waals surface area (Å²) in [5.41, 5.74) is 6.69. The lowest BCUT2D eigenvalue weighted by Gasteiger charge is -2.36. The molecule has 1 aromatic carbocycles. The summed E-state index contributed by atoms with van der Waals surface area (Å²) >= 11 is -3.59. The molecule has 2 unspecified atom stereocenters. The summed E-state index contributed by atoms with van der Waals surface area (Å²) in [6, 6.07) is 3.47. The van der Waals surface area contributed by atoms with Crippen LogP contribution < -0.4 is 20.5 Å². The van der Waals surface area contributed by atoms with Crippen LogP contribution >= 0.6 is 0 Å². The van der Waals surface area contributed by atoms with Crippen LogP contribution in [0.15, 0.2) is 21.9 Å². The molecule has 2 aromatic rings. The first-order chi connectivity index (χ1) is 14.1. The van der Waals surface area contributed by atoms with E-state index in [0.717, 1.165) is 18.8 Å². The number of piperazine rings is 1. The summed E-state index contributed by atoms with van der Waals surface area (Å²) in [6.45, 7) is 4.29. The third kappa shape index (κ3) is 5.17. The van der Waals surface area contributed by atoms with Gasteiger partial charge in [0, 0.05) is 45.3 Å². The van der Waals surface area contributed by atoms with Crippen LogP contribution in [0, 0.1) is 0 Å². The Balaban J connectivity index is 2.02. The molecule has 1 fully saturated rings. The predicted octanol–water partition coefficient (Wildman–Crippen LogP) is -2.47. The largest absolute Gasteiger partial charge is 0.593 e. The van der Waals surface area contributed by atoms with Gasteiger partial charge in [0.1, 0.15) is 5.56 Å². The molecule has 3 rings (SSSR count). The van der Waals surface area contributed by atoms with Crippen LogP contribution in [-0.4, -0.2) is 92.2 Å². The number of nitrogens with two attached hydrogens (primary N) is 2. The quantitative estimate of drug-likeness (QED) is 0.258.